The van der Waals surface area contributed by atoms with Crippen LogP contribution in [0.25, 0.3) is 0 Å². The van der Waals surface area contributed by atoms with E-state index in [1.54, 1.807) is 24.0 Å². The van der Waals surface area contributed by atoms with E-state index in [1.165, 1.54) is 23.8 Å². The first-order valence-electron chi connectivity index (χ1n) is 6.08. The Labute approximate surface area is 95.5 Å². The quantitative estimate of drug-likeness (QED) is 0.836. The first kappa shape index (κ1) is 11.5. The molecule has 16 heavy (non-hydrogen) atoms. The van der Waals surface area contributed by atoms with Gasteiger partial charge in [0, 0.05) is 19.4 Å². The van der Waals surface area contributed by atoms with Crippen molar-refractivity contribution in [3.8, 4) is 0 Å². The van der Waals surface area contributed by atoms with Crippen molar-refractivity contribution in [1.29, 1.82) is 0 Å². The van der Waals surface area contributed by atoms with Crippen LogP contribution in [-0.4, -0.2) is 20.3 Å². The fourth-order valence-corrected chi connectivity index (χ4v) is 2.52. The Hall–Kier alpha value is -1.03. The molecule has 0 amide bonds. The predicted octanol–water partition coefficient (Wildman–Crippen LogP) is 1.13. The maximum atomic E-state index is 11.6. The maximum Gasteiger partial charge on any atom is 0.327 e. The number of rotatable bonds is 3. The van der Waals surface area contributed by atoms with Gasteiger partial charge in [-0.3, -0.25) is 4.57 Å². The topological polar surface area (TPSA) is 47.2 Å². The molecule has 4 nitrogen and oxygen atoms in total. The summed E-state index contributed by atoms with van der Waals surface area (Å²) in [4.78, 5) is 11.6. The zero-order valence-corrected chi connectivity index (χ0v) is 9.80. The lowest BCUT2D eigenvalue weighted by atomic mass is 9.85. The standard InChI is InChI=1S/C12H20N2O2/c1-13-7-8-14(12(13)16)9-11(15)10-5-3-2-4-6-10/h7-8,10-11,15H,2-6,9H2,1H3. The molecule has 0 aliphatic heterocycles. The number of aryl methyl sites for hydroxylation is 1. The third-order valence-corrected chi connectivity index (χ3v) is 3.60. The van der Waals surface area contributed by atoms with Crippen molar-refractivity contribution in [2.24, 2.45) is 13.0 Å². The predicted molar refractivity (Wildman–Crippen MR) is 62.3 cm³/mol. The Morgan fingerprint density at radius 1 is 1.38 bits per heavy atom. The molecule has 1 atom stereocenters. The van der Waals surface area contributed by atoms with E-state index in [1.807, 2.05) is 0 Å². The molecule has 2 rings (SSSR count). The van der Waals surface area contributed by atoms with Crippen LogP contribution in [0.15, 0.2) is 17.2 Å². The zero-order chi connectivity index (χ0) is 11.5. The van der Waals surface area contributed by atoms with Crippen LogP contribution in [0.2, 0.25) is 0 Å². The van der Waals surface area contributed by atoms with Crippen LogP contribution in [-0.2, 0) is 13.6 Å². The molecule has 0 spiro atoms. The number of aliphatic hydroxyl groups excluding tert-OH is 1. The monoisotopic (exact) mass is 224 g/mol. The summed E-state index contributed by atoms with van der Waals surface area (Å²) in [5.74, 6) is 0.376. The van der Waals surface area contributed by atoms with Gasteiger partial charge in [0.15, 0.2) is 0 Å². The molecule has 1 aliphatic carbocycles. The highest BCUT2D eigenvalue weighted by Crippen LogP contribution is 2.26. The second-order valence-electron chi connectivity index (χ2n) is 4.81. The number of imidazole rings is 1. The van der Waals surface area contributed by atoms with Crippen molar-refractivity contribution in [3.05, 3.63) is 22.9 Å². The van der Waals surface area contributed by atoms with E-state index in [0.29, 0.717) is 12.5 Å². The molecule has 4 heteroatoms. The second-order valence-corrected chi connectivity index (χ2v) is 4.81. The smallest absolute Gasteiger partial charge is 0.327 e. The fourth-order valence-electron chi connectivity index (χ4n) is 2.52. The Morgan fingerprint density at radius 2 is 2.06 bits per heavy atom. The summed E-state index contributed by atoms with van der Waals surface area (Å²) in [6, 6.07) is 0. The van der Waals surface area contributed by atoms with E-state index >= 15 is 0 Å². The summed E-state index contributed by atoms with van der Waals surface area (Å²) in [6.45, 7) is 0.435. The van der Waals surface area contributed by atoms with Gasteiger partial charge in [-0.2, -0.15) is 0 Å². The molecule has 1 aromatic rings. The van der Waals surface area contributed by atoms with Crippen molar-refractivity contribution in [2.45, 2.75) is 44.8 Å². The van der Waals surface area contributed by atoms with Crippen LogP contribution in [0.1, 0.15) is 32.1 Å². The lowest BCUT2D eigenvalue weighted by Gasteiger charge is -2.26. The Morgan fingerprint density at radius 3 is 2.62 bits per heavy atom. The molecule has 0 bridgehead atoms. The third kappa shape index (κ3) is 2.38. The minimum Gasteiger partial charge on any atom is -0.391 e. The van der Waals surface area contributed by atoms with E-state index in [9.17, 15) is 9.90 Å². The molecule has 1 N–H and O–H groups in total. The molecule has 1 saturated carbocycles. The highest BCUT2D eigenvalue weighted by Gasteiger charge is 2.22. The van der Waals surface area contributed by atoms with E-state index in [4.69, 9.17) is 0 Å². The van der Waals surface area contributed by atoms with Crippen molar-refractivity contribution < 1.29 is 5.11 Å². The summed E-state index contributed by atoms with van der Waals surface area (Å²) in [7, 11) is 1.73. The highest BCUT2D eigenvalue weighted by molar-refractivity contribution is 4.82. The molecule has 1 heterocycles. The number of hydrogen-bond acceptors (Lipinski definition) is 2. The molecule has 1 aromatic heterocycles. The largest absolute Gasteiger partial charge is 0.391 e. The van der Waals surface area contributed by atoms with Gasteiger partial charge in [-0.25, -0.2) is 4.79 Å². The summed E-state index contributed by atoms with van der Waals surface area (Å²) < 4.78 is 3.13. The number of aliphatic hydroxyl groups is 1. The molecule has 0 saturated heterocycles. The number of nitrogens with zero attached hydrogens (tertiary/aromatic N) is 2. The van der Waals surface area contributed by atoms with Gasteiger partial charge >= 0.3 is 5.69 Å². The summed E-state index contributed by atoms with van der Waals surface area (Å²) >= 11 is 0. The van der Waals surface area contributed by atoms with Crippen LogP contribution in [0.4, 0.5) is 0 Å². The Kier molecular flexibility index (Phi) is 3.49. The zero-order valence-electron chi connectivity index (χ0n) is 9.80. The minimum atomic E-state index is -0.375. The van der Waals surface area contributed by atoms with E-state index < -0.39 is 0 Å². The number of aromatic nitrogens is 2. The van der Waals surface area contributed by atoms with Gasteiger partial charge < -0.3 is 9.67 Å². The van der Waals surface area contributed by atoms with Gasteiger partial charge in [0.1, 0.15) is 0 Å². The van der Waals surface area contributed by atoms with Crippen LogP contribution in [0, 0.1) is 5.92 Å². The molecular formula is C12H20N2O2. The third-order valence-electron chi connectivity index (χ3n) is 3.60. The van der Waals surface area contributed by atoms with Crippen molar-refractivity contribution in [1.82, 2.24) is 9.13 Å². The van der Waals surface area contributed by atoms with Gasteiger partial charge in [0.25, 0.3) is 0 Å². The summed E-state index contributed by atoms with van der Waals surface area (Å²) in [5, 5.41) is 10.1. The summed E-state index contributed by atoms with van der Waals surface area (Å²) in [5.41, 5.74) is -0.0464. The van der Waals surface area contributed by atoms with Crippen LogP contribution < -0.4 is 5.69 Å². The first-order valence-corrected chi connectivity index (χ1v) is 6.08. The van der Waals surface area contributed by atoms with Crippen molar-refractivity contribution >= 4 is 0 Å². The lowest BCUT2D eigenvalue weighted by Crippen LogP contribution is -2.32. The Bertz CT molecular complexity index is 388. The molecule has 1 fully saturated rings. The normalized spacial score (nSPS) is 19.9. The first-order chi connectivity index (χ1) is 7.68. The molecule has 1 unspecified atom stereocenters. The van der Waals surface area contributed by atoms with Gasteiger partial charge in [-0.05, 0) is 18.8 Å². The number of hydrogen-bond donors (Lipinski definition) is 1. The SMILES string of the molecule is Cn1ccn(CC(O)C2CCCCC2)c1=O. The summed E-state index contributed by atoms with van der Waals surface area (Å²) in [6.07, 6.45) is 9.02. The lowest BCUT2D eigenvalue weighted by molar-refractivity contribution is 0.0686. The maximum absolute atomic E-state index is 11.6. The fraction of sp³-hybridized carbons (Fsp3) is 0.750. The van der Waals surface area contributed by atoms with E-state index in [-0.39, 0.29) is 11.8 Å². The molecule has 1 aliphatic rings. The van der Waals surface area contributed by atoms with Crippen LogP contribution in [0.5, 0.6) is 0 Å². The van der Waals surface area contributed by atoms with E-state index in [0.717, 1.165) is 12.8 Å². The Balaban J connectivity index is 1.98. The molecule has 0 radical (unpaired) electrons. The van der Waals surface area contributed by atoms with E-state index in [2.05, 4.69) is 0 Å². The second kappa shape index (κ2) is 4.87. The van der Waals surface area contributed by atoms with Crippen LogP contribution >= 0.6 is 0 Å². The van der Waals surface area contributed by atoms with Crippen molar-refractivity contribution in [2.75, 3.05) is 0 Å². The van der Waals surface area contributed by atoms with Gasteiger partial charge in [-0.15, -0.1) is 0 Å². The van der Waals surface area contributed by atoms with Crippen LogP contribution in [0.3, 0.4) is 0 Å². The average molecular weight is 224 g/mol. The molecule has 0 aromatic carbocycles. The average Bonchev–Trinajstić information content (AvgIpc) is 2.62. The minimum absolute atomic E-state index is 0.0464. The van der Waals surface area contributed by atoms with Gasteiger partial charge in [-0.1, -0.05) is 19.3 Å². The molecule has 90 valence electrons. The van der Waals surface area contributed by atoms with Crippen molar-refractivity contribution in [3.63, 3.8) is 0 Å². The molecular weight excluding hydrogens is 204 g/mol. The highest BCUT2D eigenvalue weighted by atomic mass is 16.3. The van der Waals surface area contributed by atoms with Gasteiger partial charge in [0.05, 0.1) is 12.6 Å². The van der Waals surface area contributed by atoms with Gasteiger partial charge in [0.2, 0.25) is 0 Å².